The molecule has 4 aromatic rings. The molecule has 0 spiro atoms. The molecule has 0 aliphatic rings. The number of nitrogens with zero attached hydrogens (tertiary/aromatic N) is 4. The Morgan fingerprint density at radius 3 is 1.82 bits per heavy atom. The Hall–Kier alpha value is -2.77. The number of nitrogens with one attached hydrogen (secondary N) is 1. The highest BCUT2D eigenvalue weighted by Crippen LogP contribution is 2.55. The number of hydrogen-bond acceptors (Lipinski definition) is 5. The number of aromatic nitrogens is 4. The summed E-state index contributed by atoms with van der Waals surface area (Å²) in [5.74, 6) is -0.0910. The van der Waals surface area contributed by atoms with Crippen LogP contribution in [0.3, 0.4) is 0 Å². The third-order valence-corrected chi connectivity index (χ3v) is 10.5. The van der Waals surface area contributed by atoms with Gasteiger partial charge in [0.1, 0.15) is 26.9 Å². The average Bonchev–Trinajstić information content (AvgIpc) is 2.88. The molecule has 1 amide bonds. The van der Waals surface area contributed by atoms with E-state index in [1.807, 2.05) is 42.9 Å². The Bertz CT molecular complexity index is 1070. The van der Waals surface area contributed by atoms with Gasteiger partial charge >= 0.3 is 0 Å². The Balaban J connectivity index is 1.53. The van der Waals surface area contributed by atoms with Gasteiger partial charge in [-0.1, -0.05) is 0 Å². The first kappa shape index (κ1) is 23.4. The molecule has 0 unspecified atom stereocenters. The molecule has 6 nitrogen and oxygen atoms in total. The van der Waals surface area contributed by atoms with E-state index in [9.17, 15) is 4.79 Å². The maximum atomic E-state index is 12.4. The minimum Gasteiger partial charge on any atom is -0.352 e. The molecule has 0 atom stereocenters. The summed E-state index contributed by atoms with van der Waals surface area (Å²) in [5, 5.41) is 6.64. The molecule has 8 heteroatoms. The molecule has 1 N–H and O–H groups in total. The predicted octanol–water partition coefficient (Wildman–Crippen LogP) is 3.38. The van der Waals surface area contributed by atoms with Crippen molar-refractivity contribution >= 4 is 51.7 Å². The molecule has 33 heavy (non-hydrogen) atoms. The molecular formula is C25H24IN5OP+. The second-order valence-electron chi connectivity index (χ2n) is 7.50. The minimum atomic E-state index is -1.99. The second-order valence-corrected chi connectivity index (χ2v) is 12.2. The van der Waals surface area contributed by atoms with E-state index < -0.39 is 7.26 Å². The van der Waals surface area contributed by atoms with Crippen LogP contribution in [-0.2, 0) is 0 Å². The van der Waals surface area contributed by atoms with E-state index in [1.165, 1.54) is 15.9 Å². The molecule has 166 valence electrons. The highest BCUT2D eigenvalue weighted by atomic mass is 131. The van der Waals surface area contributed by atoms with Crippen molar-refractivity contribution in [2.75, 3.05) is 12.7 Å². The summed E-state index contributed by atoms with van der Waals surface area (Å²) in [7, 11) is -1.99. The van der Waals surface area contributed by atoms with Crippen molar-refractivity contribution in [2.45, 2.75) is 12.8 Å². The fourth-order valence-electron chi connectivity index (χ4n) is 3.86. The van der Waals surface area contributed by atoms with Crippen molar-refractivity contribution < 1.29 is 4.79 Å². The number of rotatable bonds is 9. The lowest BCUT2D eigenvalue weighted by Gasteiger charge is -2.26. The number of halogens is 1. The van der Waals surface area contributed by atoms with E-state index >= 15 is 0 Å². The van der Waals surface area contributed by atoms with Crippen LogP contribution in [0.5, 0.6) is 0 Å². The number of hydrogen-bond donors (Lipinski definition) is 1. The number of unbranched alkanes of at least 4 members (excludes halogenated alkanes) is 1. The van der Waals surface area contributed by atoms with Crippen molar-refractivity contribution in [3.63, 3.8) is 0 Å². The monoisotopic (exact) mass is 572 g/mol. The molecule has 0 saturated heterocycles. The molecule has 0 aliphatic heterocycles. The van der Waals surface area contributed by atoms with Crippen LogP contribution in [0.2, 0.25) is 0 Å². The molecule has 4 heterocycles. The Kier molecular flexibility index (Phi) is 8.07. The summed E-state index contributed by atoms with van der Waals surface area (Å²) in [6.45, 7) is 0.609. The van der Waals surface area contributed by atoms with Crippen LogP contribution < -0.4 is 21.2 Å². The Morgan fingerprint density at radius 2 is 1.36 bits per heavy atom. The molecule has 4 aromatic heterocycles. The van der Waals surface area contributed by atoms with E-state index in [2.05, 4.69) is 66.0 Å². The summed E-state index contributed by atoms with van der Waals surface area (Å²) in [4.78, 5) is 29.9. The van der Waals surface area contributed by atoms with E-state index in [1.54, 1.807) is 30.9 Å². The van der Waals surface area contributed by atoms with Crippen LogP contribution in [-0.4, -0.2) is 38.5 Å². The van der Waals surface area contributed by atoms with E-state index in [4.69, 9.17) is 0 Å². The zero-order valence-electron chi connectivity index (χ0n) is 18.0. The number of carbonyl (C=O) groups excluding carboxylic acids is 1. The lowest BCUT2D eigenvalue weighted by Crippen LogP contribution is -2.34. The number of pyridine rings is 4. The zero-order chi connectivity index (χ0) is 22.9. The predicted molar refractivity (Wildman–Crippen MR) is 142 cm³/mol. The van der Waals surface area contributed by atoms with Crippen molar-refractivity contribution in [3.8, 4) is 0 Å². The molecule has 0 aliphatic carbocycles. The fourth-order valence-corrected chi connectivity index (χ4v) is 8.36. The van der Waals surface area contributed by atoms with Gasteiger partial charge in [-0.15, -0.1) is 0 Å². The summed E-state index contributed by atoms with van der Waals surface area (Å²) in [6.07, 6.45) is 15.7. The van der Waals surface area contributed by atoms with Crippen molar-refractivity contribution in [2.24, 2.45) is 0 Å². The van der Waals surface area contributed by atoms with Crippen molar-refractivity contribution in [1.82, 2.24) is 25.3 Å². The Morgan fingerprint density at radius 1 is 0.788 bits per heavy atom. The largest absolute Gasteiger partial charge is 0.352 e. The topological polar surface area (TPSA) is 80.7 Å². The van der Waals surface area contributed by atoms with Crippen LogP contribution in [0.1, 0.15) is 23.2 Å². The number of carbonyl (C=O) groups is 1. The van der Waals surface area contributed by atoms with Gasteiger partial charge in [0.25, 0.3) is 5.91 Å². The minimum absolute atomic E-state index is 0.0910. The summed E-state index contributed by atoms with van der Waals surface area (Å²) in [6, 6.07) is 16.1. The molecule has 0 aromatic carbocycles. The van der Waals surface area contributed by atoms with Crippen LogP contribution in [0.25, 0.3) is 0 Å². The first-order valence-electron chi connectivity index (χ1n) is 10.7. The molecule has 4 rings (SSSR count). The highest BCUT2D eigenvalue weighted by Gasteiger charge is 2.45. The van der Waals surface area contributed by atoms with Crippen molar-refractivity contribution in [1.29, 1.82) is 0 Å². The maximum Gasteiger partial charge on any atom is 0.252 e. The van der Waals surface area contributed by atoms with Gasteiger partial charge in [0.05, 0.1) is 30.3 Å². The first-order chi connectivity index (χ1) is 16.2. The lowest BCUT2D eigenvalue weighted by molar-refractivity contribution is 0.0953. The number of amides is 1. The summed E-state index contributed by atoms with van der Waals surface area (Å²) in [5.41, 5.74) is 0.582. The average molecular weight is 572 g/mol. The van der Waals surface area contributed by atoms with Crippen LogP contribution in [0.4, 0.5) is 0 Å². The molecule has 0 radical (unpaired) electrons. The molecule has 0 fully saturated rings. The summed E-state index contributed by atoms with van der Waals surface area (Å²) < 4.78 is 0.866. The first-order valence-corrected chi connectivity index (χ1v) is 13.7. The summed E-state index contributed by atoms with van der Waals surface area (Å²) >= 11 is 2.13. The van der Waals surface area contributed by atoms with Gasteiger partial charge in [-0.25, -0.2) is 4.98 Å². The van der Waals surface area contributed by atoms with Gasteiger partial charge in [0.15, 0.2) is 0 Å². The molecular weight excluding hydrogens is 548 g/mol. The van der Waals surface area contributed by atoms with Gasteiger partial charge in [0, 0.05) is 31.3 Å². The van der Waals surface area contributed by atoms with Crippen LogP contribution in [0.15, 0.2) is 91.9 Å². The quantitative estimate of drug-likeness (QED) is 0.144. The highest BCUT2D eigenvalue weighted by molar-refractivity contribution is 14.1. The van der Waals surface area contributed by atoms with Crippen molar-refractivity contribution in [3.05, 3.63) is 101 Å². The van der Waals surface area contributed by atoms with E-state index in [-0.39, 0.29) is 5.91 Å². The maximum absolute atomic E-state index is 12.4. The van der Waals surface area contributed by atoms with Gasteiger partial charge in [-0.3, -0.25) is 19.7 Å². The van der Waals surface area contributed by atoms with Gasteiger partial charge in [-0.2, -0.15) is 0 Å². The van der Waals surface area contributed by atoms with E-state index in [0.29, 0.717) is 12.1 Å². The van der Waals surface area contributed by atoms with E-state index in [0.717, 1.165) is 22.7 Å². The smallest absolute Gasteiger partial charge is 0.252 e. The molecule has 0 bridgehead atoms. The zero-order valence-corrected chi connectivity index (χ0v) is 21.1. The normalized spacial score (nSPS) is 11.2. The lowest BCUT2D eigenvalue weighted by atomic mass is 10.2. The van der Waals surface area contributed by atoms with Crippen LogP contribution in [0, 0.1) is 3.70 Å². The Labute approximate surface area is 207 Å². The standard InChI is InChI=1S/C25H23IN5OP/c26-24-10-9-20(16-31-24)25(32)30-14-1-2-15-33(21-6-3-11-27-17-21,22-7-4-12-28-18-22)23-8-5-13-29-19-23/h3-13,16-19H,1-2,14-15H2/p+1/i26+4. The third kappa shape index (κ3) is 5.60. The van der Waals surface area contributed by atoms with Crippen LogP contribution >= 0.6 is 29.9 Å². The van der Waals surface area contributed by atoms with Gasteiger partial charge in [-0.05, 0) is 84.0 Å². The second kappa shape index (κ2) is 11.4. The fraction of sp³-hybridized carbons (Fsp3) is 0.160. The SMILES string of the molecule is O=C(NCCCC[P+](c1cccnc1)(c1cccnc1)c1cccnc1)c1ccc([131I])nc1. The van der Waals surface area contributed by atoms with Gasteiger partial charge in [0.2, 0.25) is 0 Å². The van der Waals surface area contributed by atoms with Gasteiger partial charge < -0.3 is 5.32 Å². The molecule has 0 saturated carbocycles. The third-order valence-electron chi connectivity index (χ3n) is 5.46.